The van der Waals surface area contributed by atoms with E-state index in [4.69, 9.17) is 4.74 Å². The van der Waals surface area contributed by atoms with Gasteiger partial charge in [-0.2, -0.15) is 0 Å². The highest BCUT2D eigenvalue weighted by Crippen LogP contribution is 2.23. The van der Waals surface area contributed by atoms with E-state index in [2.05, 4.69) is 28.2 Å². The Balaban J connectivity index is 2.01. The zero-order valence-electron chi connectivity index (χ0n) is 9.29. The molecule has 1 aromatic rings. The third-order valence-electron chi connectivity index (χ3n) is 2.95. The fourth-order valence-corrected chi connectivity index (χ4v) is 2.20. The number of phenolic OH excluding ortho intramolecular Hbond substituents is 1. The summed E-state index contributed by atoms with van der Waals surface area (Å²) in [5.74, 6) is 0.299. The Morgan fingerprint density at radius 2 is 2.38 bits per heavy atom. The number of hydrogen-bond donors (Lipinski definition) is 2. The van der Waals surface area contributed by atoms with Gasteiger partial charge in [-0.25, -0.2) is 0 Å². The lowest BCUT2D eigenvalue weighted by atomic mass is 10.0. The number of aromatic hydroxyl groups is 1. The van der Waals surface area contributed by atoms with Crippen LogP contribution in [0.3, 0.4) is 0 Å². The van der Waals surface area contributed by atoms with Crippen LogP contribution >= 0.6 is 15.9 Å². The highest BCUT2D eigenvalue weighted by Gasteiger charge is 2.28. The highest BCUT2D eigenvalue weighted by atomic mass is 79.9. The van der Waals surface area contributed by atoms with E-state index in [1.165, 1.54) is 0 Å². The second kappa shape index (κ2) is 4.73. The first-order chi connectivity index (χ1) is 7.59. The van der Waals surface area contributed by atoms with Crippen molar-refractivity contribution in [1.29, 1.82) is 0 Å². The number of ether oxygens (including phenoxy) is 1. The summed E-state index contributed by atoms with van der Waals surface area (Å²) in [5.41, 5.74) is 1.12. The molecule has 1 heterocycles. The molecule has 2 N–H and O–H groups in total. The van der Waals surface area contributed by atoms with Gasteiger partial charge in [0.2, 0.25) is 0 Å². The number of rotatable bonds is 3. The fraction of sp³-hybridized carbons (Fsp3) is 0.500. The maximum absolute atomic E-state index is 9.42. The van der Waals surface area contributed by atoms with E-state index < -0.39 is 0 Å². The minimum Gasteiger partial charge on any atom is -0.508 e. The molecule has 16 heavy (non-hydrogen) atoms. The SMILES string of the molecule is CC1(NCc2cc(O)ccc2Br)CCOC1. The molecule has 1 saturated heterocycles. The summed E-state index contributed by atoms with van der Waals surface area (Å²) in [5, 5.41) is 12.9. The summed E-state index contributed by atoms with van der Waals surface area (Å²) in [6, 6.07) is 5.31. The molecular formula is C12H16BrNO2. The lowest BCUT2D eigenvalue weighted by Gasteiger charge is -2.24. The number of phenols is 1. The number of nitrogens with one attached hydrogen (secondary N) is 1. The van der Waals surface area contributed by atoms with Crippen LogP contribution in [-0.4, -0.2) is 23.9 Å². The van der Waals surface area contributed by atoms with Crippen molar-refractivity contribution in [2.75, 3.05) is 13.2 Å². The molecule has 4 heteroatoms. The van der Waals surface area contributed by atoms with Gasteiger partial charge >= 0.3 is 0 Å². The quantitative estimate of drug-likeness (QED) is 0.896. The van der Waals surface area contributed by atoms with Crippen LogP contribution in [0.15, 0.2) is 22.7 Å². The van der Waals surface area contributed by atoms with Crippen LogP contribution in [0.2, 0.25) is 0 Å². The van der Waals surface area contributed by atoms with Gasteiger partial charge in [0.1, 0.15) is 5.75 Å². The molecule has 0 saturated carbocycles. The van der Waals surface area contributed by atoms with E-state index in [9.17, 15) is 5.11 Å². The van der Waals surface area contributed by atoms with Gasteiger partial charge in [0.05, 0.1) is 6.61 Å². The number of halogens is 1. The third-order valence-corrected chi connectivity index (χ3v) is 3.73. The molecule has 1 unspecified atom stereocenters. The summed E-state index contributed by atoms with van der Waals surface area (Å²) in [7, 11) is 0. The molecule has 88 valence electrons. The van der Waals surface area contributed by atoms with Crippen molar-refractivity contribution in [1.82, 2.24) is 5.32 Å². The van der Waals surface area contributed by atoms with Crippen LogP contribution in [0.5, 0.6) is 5.75 Å². The lowest BCUT2D eigenvalue weighted by Crippen LogP contribution is -2.42. The summed E-state index contributed by atoms with van der Waals surface area (Å²) in [6.45, 7) is 4.47. The van der Waals surface area contributed by atoms with Gasteiger partial charge in [0.25, 0.3) is 0 Å². The van der Waals surface area contributed by atoms with Gasteiger partial charge in [-0.1, -0.05) is 15.9 Å². The van der Waals surface area contributed by atoms with Gasteiger partial charge in [0, 0.05) is 23.2 Å². The minimum atomic E-state index is 0.0604. The van der Waals surface area contributed by atoms with E-state index in [0.29, 0.717) is 5.75 Å². The van der Waals surface area contributed by atoms with Crippen molar-refractivity contribution in [3.05, 3.63) is 28.2 Å². The number of hydrogen-bond acceptors (Lipinski definition) is 3. The van der Waals surface area contributed by atoms with Gasteiger partial charge in [-0.05, 0) is 37.1 Å². The largest absolute Gasteiger partial charge is 0.508 e. The lowest BCUT2D eigenvalue weighted by molar-refractivity contribution is 0.171. The Morgan fingerprint density at radius 1 is 1.56 bits per heavy atom. The minimum absolute atomic E-state index is 0.0604. The summed E-state index contributed by atoms with van der Waals surface area (Å²) in [6.07, 6.45) is 1.03. The Labute approximate surface area is 104 Å². The first-order valence-electron chi connectivity index (χ1n) is 5.39. The predicted octanol–water partition coefficient (Wildman–Crippen LogP) is 2.42. The monoisotopic (exact) mass is 285 g/mol. The van der Waals surface area contributed by atoms with Crippen molar-refractivity contribution in [2.45, 2.75) is 25.4 Å². The zero-order valence-corrected chi connectivity index (χ0v) is 10.9. The molecule has 0 bridgehead atoms. The molecule has 2 rings (SSSR count). The topological polar surface area (TPSA) is 41.5 Å². The Bertz CT molecular complexity index is 375. The predicted molar refractivity (Wildman–Crippen MR) is 66.5 cm³/mol. The van der Waals surface area contributed by atoms with E-state index in [1.807, 2.05) is 6.07 Å². The van der Waals surface area contributed by atoms with E-state index in [1.54, 1.807) is 12.1 Å². The van der Waals surface area contributed by atoms with E-state index in [0.717, 1.165) is 36.2 Å². The van der Waals surface area contributed by atoms with E-state index >= 15 is 0 Å². The smallest absolute Gasteiger partial charge is 0.115 e. The molecule has 0 aromatic heterocycles. The highest BCUT2D eigenvalue weighted by molar-refractivity contribution is 9.10. The van der Waals surface area contributed by atoms with Crippen LogP contribution in [0.25, 0.3) is 0 Å². The molecule has 0 spiro atoms. The molecule has 0 radical (unpaired) electrons. The van der Waals surface area contributed by atoms with Gasteiger partial charge < -0.3 is 15.2 Å². The average molecular weight is 286 g/mol. The molecule has 1 aliphatic heterocycles. The van der Waals surface area contributed by atoms with Crippen molar-refractivity contribution >= 4 is 15.9 Å². The summed E-state index contributed by atoms with van der Waals surface area (Å²) < 4.78 is 6.39. The third kappa shape index (κ3) is 2.75. The average Bonchev–Trinajstić information content (AvgIpc) is 2.67. The first kappa shape index (κ1) is 11.9. The number of benzene rings is 1. The van der Waals surface area contributed by atoms with Crippen LogP contribution in [-0.2, 0) is 11.3 Å². The second-order valence-corrected chi connectivity index (χ2v) is 5.35. The zero-order chi connectivity index (χ0) is 11.6. The second-order valence-electron chi connectivity index (χ2n) is 4.49. The van der Waals surface area contributed by atoms with Crippen LogP contribution in [0.4, 0.5) is 0 Å². The fourth-order valence-electron chi connectivity index (χ4n) is 1.81. The van der Waals surface area contributed by atoms with Gasteiger partial charge in [-0.15, -0.1) is 0 Å². The molecular weight excluding hydrogens is 270 g/mol. The first-order valence-corrected chi connectivity index (χ1v) is 6.19. The molecule has 3 nitrogen and oxygen atoms in total. The molecule has 0 amide bonds. The maximum Gasteiger partial charge on any atom is 0.115 e. The standard InChI is InChI=1S/C12H16BrNO2/c1-12(4-5-16-8-12)14-7-9-6-10(15)2-3-11(9)13/h2-3,6,14-15H,4-5,7-8H2,1H3. The molecule has 1 aromatic carbocycles. The Hall–Kier alpha value is -0.580. The Morgan fingerprint density at radius 3 is 3.06 bits per heavy atom. The maximum atomic E-state index is 9.42. The van der Waals surface area contributed by atoms with Gasteiger partial charge in [0.15, 0.2) is 0 Å². The molecule has 1 aliphatic rings. The molecule has 1 fully saturated rings. The van der Waals surface area contributed by atoms with Crippen molar-refractivity contribution < 1.29 is 9.84 Å². The van der Waals surface area contributed by atoms with Crippen molar-refractivity contribution in [3.8, 4) is 5.75 Å². The molecule has 0 aliphatic carbocycles. The summed E-state index contributed by atoms with van der Waals surface area (Å²) in [4.78, 5) is 0. The normalized spacial score (nSPS) is 24.9. The molecule has 1 atom stereocenters. The van der Waals surface area contributed by atoms with Crippen LogP contribution < -0.4 is 5.32 Å². The van der Waals surface area contributed by atoms with Crippen molar-refractivity contribution in [2.24, 2.45) is 0 Å². The summed E-state index contributed by atoms with van der Waals surface area (Å²) >= 11 is 3.48. The van der Waals surface area contributed by atoms with Crippen molar-refractivity contribution in [3.63, 3.8) is 0 Å². The van der Waals surface area contributed by atoms with Crippen LogP contribution in [0, 0.1) is 0 Å². The Kier molecular flexibility index (Phi) is 3.52. The van der Waals surface area contributed by atoms with Crippen LogP contribution in [0.1, 0.15) is 18.9 Å². The van der Waals surface area contributed by atoms with Gasteiger partial charge in [-0.3, -0.25) is 0 Å². The van der Waals surface area contributed by atoms with E-state index in [-0.39, 0.29) is 5.54 Å².